The first-order valence-electron chi connectivity index (χ1n) is 7.48. The fraction of sp³-hybridized carbons (Fsp3) is 0.500. The molecule has 0 saturated heterocycles. The summed E-state index contributed by atoms with van der Waals surface area (Å²) in [6.07, 6.45) is -0.393. The van der Waals surface area contributed by atoms with E-state index in [9.17, 15) is 23.2 Å². The van der Waals surface area contributed by atoms with E-state index >= 15 is 0 Å². The molecule has 1 amide bonds. The van der Waals surface area contributed by atoms with E-state index in [1.807, 2.05) is 0 Å². The molecular formula is C16H18F3N3O. The smallest absolute Gasteiger partial charge is 0.376 e. The van der Waals surface area contributed by atoms with Crippen molar-refractivity contribution in [3.63, 3.8) is 0 Å². The largest absolute Gasteiger partial charge is 0.416 e. The van der Waals surface area contributed by atoms with Crippen LogP contribution in [0, 0.1) is 11.3 Å². The monoisotopic (exact) mass is 325 g/mol. The maximum absolute atomic E-state index is 12.6. The number of hydrogen-bond acceptors (Lipinski definition) is 3. The molecule has 4 nitrogen and oxygen atoms in total. The summed E-state index contributed by atoms with van der Waals surface area (Å²) >= 11 is 0. The molecule has 1 aliphatic rings. The number of carbonyl (C=O) groups excluding carboxylic acids is 1. The van der Waals surface area contributed by atoms with Crippen LogP contribution in [0.1, 0.15) is 37.7 Å². The van der Waals surface area contributed by atoms with Gasteiger partial charge in [-0.05, 0) is 31.0 Å². The predicted molar refractivity (Wildman–Crippen MR) is 79.5 cm³/mol. The van der Waals surface area contributed by atoms with Crippen LogP contribution >= 0.6 is 0 Å². The number of anilines is 1. The highest BCUT2D eigenvalue weighted by Crippen LogP contribution is 2.30. The molecule has 0 radical (unpaired) electrons. The van der Waals surface area contributed by atoms with Crippen molar-refractivity contribution in [3.05, 3.63) is 29.8 Å². The topological polar surface area (TPSA) is 64.9 Å². The van der Waals surface area contributed by atoms with Gasteiger partial charge >= 0.3 is 6.18 Å². The molecule has 0 aliphatic heterocycles. The number of halogens is 3. The van der Waals surface area contributed by atoms with E-state index < -0.39 is 23.2 Å². The highest BCUT2D eigenvalue weighted by molar-refractivity contribution is 5.81. The molecule has 124 valence electrons. The first-order chi connectivity index (χ1) is 10.8. The van der Waals surface area contributed by atoms with Crippen molar-refractivity contribution in [2.45, 2.75) is 43.8 Å². The molecule has 2 N–H and O–H groups in total. The molecule has 0 unspecified atom stereocenters. The number of amides is 1. The number of nitrogens with zero attached hydrogens (tertiary/aromatic N) is 1. The van der Waals surface area contributed by atoms with Gasteiger partial charge in [-0.3, -0.25) is 4.79 Å². The average Bonchev–Trinajstić information content (AvgIpc) is 2.53. The molecule has 7 heteroatoms. The molecule has 0 bridgehead atoms. The first-order valence-corrected chi connectivity index (χ1v) is 7.48. The van der Waals surface area contributed by atoms with Gasteiger partial charge in [-0.15, -0.1) is 0 Å². The van der Waals surface area contributed by atoms with Crippen molar-refractivity contribution in [3.8, 4) is 6.07 Å². The standard InChI is InChI=1S/C16H18F3N3O/c17-16(18,19)12-5-4-6-13(9-12)21-10-14(23)22-15(11-20)7-2-1-3-8-15/h4-6,9,21H,1-3,7-8,10H2,(H,22,23). The van der Waals surface area contributed by atoms with E-state index in [1.165, 1.54) is 12.1 Å². The number of nitrogens with one attached hydrogen (secondary N) is 2. The Bertz CT molecular complexity index is 601. The summed E-state index contributed by atoms with van der Waals surface area (Å²) in [5.41, 5.74) is -1.40. The first kappa shape index (κ1) is 17.1. The van der Waals surface area contributed by atoms with Gasteiger partial charge in [-0.25, -0.2) is 0 Å². The quantitative estimate of drug-likeness (QED) is 0.891. The van der Waals surface area contributed by atoms with Crippen LogP contribution in [-0.2, 0) is 11.0 Å². The second kappa shape index (κ2) is 6.90. The summed E-state index contributed by atoms with van der Waals surface area (Å²) in [7, 11) is 0. The Kier molecular flexibility index (Phi) is 5.14. The zero-order valence-corrected chi connectivity index (χ0v) is 12.5. The van der Waals surface area contributed by atoms with Gasteiger partial charge in [0.25, 0.3) is 0 Å². The second-order valence-electron chi connectivity index (χ2n) is 5.73. The molecule has 1 fully saturated rings. The minimum atomic E-state index is -4.42. The Hall–Kier alpha value is -2.23. The van der Waals surface area contributed by atoms with Crippen molar-refractivity contribution in [2.24, 2.45) is 0 Å². The Balaban J connectivity index is 1.93. The summed E-state index contributed by atoms with van der Waals surface area (Å²) in [4.78, 5) is 12.0. The summed E-state index contributed by atoms with van der Waals surface area (Å²) in [6.45, 7) is -0.176. The molecule has 0 atom stereocenters. The molecule has 23 heavy (non-hydrogen) atoms. The second-order valence-corrected chi connectivity index (χ2v) is 5.73. The Labute approximate surface area is 132 Å². The van der Waals surface area contributed by atoms with E-state index in [0.29, 0.717) is 12.8 Å². The van der Waals surface area contributed by atoms with Crippen molar-refractivity contribution < 1.29 is 18.0 Å². The van der Waals surface area contributed by atoms with Crippen molar-refractivity contribution in [1.82, 2.24) is 5.32 Å². The molecule has 0 heterocycles. The molecule has 1 aliphatic carbocycles. The van der Waals surface area contributed by atoms with Crippen LogP contribution in [0.25, 0.3) is 0 Å². The number of alkyl halides is 3. The van der Waals surface area contributed by atoms with E-state index in [1.54, 1.807) is 0 Å². The van der Waals surface area contributed by atoms with Crippen molar-refractivity contribution >= 4 is 11.6 Å². The van der Waals surface area contributed by atoms with E-state index in [0.717, 1.165) is 31.4 Å². The zero-order valence-electron chi connectivity index (χ0n) is 12.5. The normalized spacial score (nSPS) is 17.1. The minimum Gasteiger partial charge on any atom is -0.376 e. The average molecular weight is 325 g/mol. The lowest BCUT2D eigenvalue weighted by Crippen LogP contribution is -2.50. The maximum Gasteiger partial charge on any atom is 0.416 e. The molecule has 0 spiro atoms. The van der Waals surface area contributed by atoms with Gasteiger partial charge < -0.3 is 10.6 Å². The lowest BCUT2D eigenvalue weighted by molar-refractivity contribution is -0.137. The number of nitriles is 1. The van der Waals surface area contributed by atoms with E-state index in [2.05, 4.69) is 16.7 Å². The Morgan fingerprint density at radius 2 is 1.96 bits per heavy atom. The van der Waals surface area contributed by atoms with Gasteiger partial charge in [0.2, 0.25) is 5.91 Å². The SMILES string of the molecule is N#CC1(NC(=O)CNc2cccc(C(F)(F)F)c2)CCCCC1. The van der Waals surface area contributed by atoms with Gasteiger partial charge in [0.15, 0.2) is 0 Å². The summed E-state index contributed by atoms with van der Waals surface area (Å²) in [5.74, 6) is -0.397. The molecule has 1 saturated carbocycles. The van der Waals surface area contributed by atoms with Crippen LogP contribution in [0.5, 0.6) is 0 Å². The fourth-order valence-corrected chi connectivity index (χ4v) is 2.72. The molecule has 1 aromatic carbocycles. The van der Waals surface area contributed by atoms with Crippen molar-refractivity contribution in [1.29, 1.82) is 5.26 Å². The zero-order chi connectivity index (χ0) is 16.9. The predicted octanol–water partition coefficient (Wildman–Crippen LogP) is 3.46. The lowest BCUT2D eigenvalue weighted by Gasteiger charge is -2.31. The Morgan fingerprint density at radius 1 is 1.26 bits per heavy atom. The van der Waals surface area contributed by atoms with Gasteiger partial charge in [-0.1, -0.05) is 25.3 Å². The van der Waals surface area contributed by atoms with Crippen LogP contribution in [0.2, 0.25) is 0 Å². The maximum atomic E-state index is 12.6. The third-order valence-corrected chi connectivity index (χ3v) is 3.94. The van der Waals surface area contributed by atoms with Crippen LogP contribution in [-0.4, -0.2) is 18.0 Å². The van der Waals surface area contributed by atoms with Crippen LogP contribution < -0.4 is 10.6 Å². The number of carbonyl (C=O) groups is 1. The number of hydrogen-bond donors (Lipinski definition) is 2. The summed E-state index contributed by atoms with van der Waals surface area (Å²) in [5, 5.41) is 14.7. The highest BCUT2D eigenvalue weighted by atomic mass is 19.4. The molecule has 1 aromatic rings. The van der Waals surface area contributed by atoms with Crippen molar-refractivity contribution in [2.75, 3.05) is 11.9 Å². The highest BCUT2D eigenvalue weighted by Gasteiger charge is 2.33. The lowest BCUT2D eigenvalue weighted by atomic mass is 9.83. The third-order valence-electron chi connectivity index (χ3n) is 3.94. The van der Waals surface area contributed by atoms with Crippen LogP contribution in [0.3, 0.4) is 0 Å². The Morgan fingerprint density at radius 3 is 2.57 bits per heavy atom. The van der Waals surface area contributed by atoms with Crippen LogP contribution in [0.15, 0.2) is 24.3 Å². The molecular weight excluding hydrogens is 307 g/mol. The molecule has 0 aromatic heterocycles. The summed E-state index contributed by atoms with van der Waals surface area (Å²) < 4.78 is 37.9. The minimum absolute atomic E-state index is 0.176. The van der Waals surface area contributed by atoms with E-state index in [4.69, 9.17) is 0 Å². The fourth-order valence-electron chi connectivity index (χ4n) is 2.72. The van der Waals surface area contributed by atoms with Gasteiger partial charge in [0.05, 0.1) is 18.2 Å². The number of benzene rings is 1. The van der Waals surface area contributed by atoms with Crippen LogP contribution in [0.4, 0.5) is 18.9 Å². The summed E-state index contributed by atoms with van der Waals surface area (Å²) in [6, 6.07) is 6.83. The number of rotatable bonds is 4. The molecule has 2 rings (SSSR count). The van der Waals surface area contributed by atoms with E-state index in [-0.39, 0.29) is 12.2 Å². The van der Waals surface area contributed by atoms with Gasteiger partial charge in [0, 0.05) is 5.69 Å². The van der Waals surface area contributed by atoms with Gasteiger partial charge in [0.1, 0.15) is 5.54 Å². The van der Waals surface area contributed by atoms with Gasteiger partial charge in [-0.2, -0.15) is 18.4 Å². The third kappa shape index (κ3) is 4.62.